The Balaban J connectivity index is 3.01. The van der Waals surface area contributed by atoms with Gasteiger partial charge >= 0.3 is 0 Å². The molecule has 0 N–H and O–H groups in total. The third-order valence-corrected chi connectivity index (χ3v) is 3.47. The van der Waals surface area contributed by atoms with Gasteiger partial charge in [0.1, 0.15) is 3.96 Å². The second-order valence-electron chi connectivity index (χ2n) is 3.14. The first-order valence-corrected chi connectivity index (χ1v) is 6.38. The number of hydrogen-bond donors (Lipinski definition) is 0. The van der Waals surface area contributed by atoms with Crippen molar-refractivity contribution in [1.29, 1.82) is 0 Å². The molecule has 0 spiro atoms. The summed E-state index contributed by atoms with van der Waals surface area (Å²) >= 11 is 15.5. The summed E-state index contributed by atoms with van der Waals surface area (Å²) in [5.74, 6) is 0.0833. The van der Waals surface area contributed by atoms with Crippen LogP contribution in [0.25, 0.3) is 0 Å². The molecule has 75 valence electrons. The van der Waals surface area contributed by atoms with E-state index in [-0.39, 0.29) is 5.92 Å². The molecular weight excluding hydrogens is 299 g/mol. The lowest BCUT2D eigenvalue weighted by Gasteiger charge is -2.25. The van der Waals surface area contributed by atoms with E-state index in [9.17, 15) is 0 Å². The Morgan fingerprint density at radius 2 is 2.14 bits per heavy atom. The highest BCUT2D eigenvalue weighted by molar-refractivity contribution is 9.10. The molecule has 1 atom stereocenters. The van der Waals surface area contributed by atoms with E-state index in [1.807, 2.05) is 24.3 Å². The van der Waals surface area contributed by atoms with Crippen molar-refractivity contribution in [2.75, 3.05) is 0 Å². The molecule has 14 heavy (non-hydrogen) atoms. The van der Waals surface area contributed by atoms with Crippen LogP contribution in [0.4, 0.5) is 0 Å². The van der Waals surface area contributed by atoms with E-state index < -0.39 is 3.96 Å². The number of rotatable bonds is 3. The monoisotopic (exact) mass is 307 g/mol. The van der Waals surface area contributed by atoms with Crippen LogP contribution in [-0.2, 0) is 0 Å². The van der Waals surface area contributed by atoms with Crippen LogP contribution in [0.2, 0.25) is 0 Å². The first kappa shape index (κ1) is 12.6. The molecule has 0 aromatic heterocycles. The summed E-state index contributed by atoms with van der Waals surface area (Å²) in [6.45, 7) is 2.06. The van der Waals surface area contributed by atoms with Crippen LogP contribution in [0.3, 0.4) is 0 Å². The fourth-order valence-corrected chi connectivity index (χ4v) is 2.77. The molecule has 0 fully saturated rings. The Morgan fingerprint density at radius 1 is 1.50 bits per heavy atom. The highest BCUT2D eigenvalue weighted by Crippen LogP contribution is 2.38. The standard InChI is InChI=1S/C10H10BrCl2Si/c1-2-9(10(12,13)14)7-4-3-5-8(11)6-7/h3-6,9H,2H2,1H3. The zero-order valence-corrected chi connectivity index (χ0v) is 11.8. The quantitative estimate of drug-likeness (QED) is 0.578. The minimum atomic E-state index is -0.907. The summed E-state index contributed by atoms with van der Waals surface area (Å²) in [7, 11) is 3.34. The molecule has 0 bridgehead atoms. The summed E-state index contributed by atoms with van der Waals surface area (Å²) in [4.78, 5) is 0. The Morgan fingerprint density at radius 3 is 2.57 bits per heavy atom. The Hall–Kier alpha value is 0.497. The van der Waals surface area contributed by atoms with Crippen LogP contribution >= 0.6 is 39.1 Å². The average Bonchev–Trinajstić information content (AvgIpc) is 2.02. The highest BCUT2D eigenvalue weighted by Gasteiger charge is 2.29. The summed E-state index contributed by atoms with van der Waals surface area (Å²) in [6.07, 6.45) is 0.882. The molecule has 0 saturated carbocycles. The minimum absolute atomic E-state index is 0.0833. The average molecular weight is 309 g/mol. The minimum Gasteiger partial charge on any atom is -0.106 e. The van der Waals surface area contributed by atoms with Crippen molar-refractivity contribution in [2.24, 2.45) is 0 Å². The van der Waals surface area contributed by atoms with Gasteiger partial charge in [-0.05, 0) is 24.1 Å². The van der Waals surface area contributed by atoms with Gasteiger partial charge in [-0.25, -0.2) is 0 Å². The van der Waals surface area contributed by atoms with Crippen LogP contribution in [0.1, 0.15) is 24.8 Å². The fourth-order valence-electron chi connectivity index (χ4n) is 1.42. The molecule has 1 unspecified atom stereocenters. The van der Waals surface area contributed by atoms with Gasteiger partial charge in [-0.3, -0.25) is 0 Å². The van der Waals surface area contributed by atoms with Crippen molar-refractivity contribution in [3.8, 4) is 0 Å². The van der Waals surface area contributed by atoms with E-state index in [1.54, 1.807) is 0 Å². The summed E-state index contributed by atoms with van der Waals surface area (Å²) in [5, 5.41) is 0. The maximum Gasteiger partial charge on any atom is 0.106 e. The highest BCUT2D eigenvalue weighted by atomic mass is 79.9. The van der Waals surface area contributed by atoms with Gasteiger partial charge in [-0.1, -0.05) is 35.0 Å². The molecule has 0 aliphatic rings. The van der Waals surface area contributed by atoms with E-state index >= 15 is 0 Å². The maximum absolute atomic E-state index is 6.05. The molecular formula is C10H10BrCl2Si. The van der Waals surface area contributed by atoms with Crippen molar-refractivity contribution in [1.82, 2.24) is 0 Å². The third-order valence-electron chi connectivity index (χ3n) is 2.10. The number of benzene rings is 1. The van der Waals surface area contributed by atoms with Gasteiger partial charge in [0.25, 0.3) is 0 Å². The van der Waals surface area contributed by atoms with Crippen molar-refractivity contribution >= 4 is 49.4 Å². The predicted octanol–water partition coefficient (Wildman–Crippen LogP) is 4.24. The van der Waals surface area contributed by atoms with Crippen LogP contribution in [0.15, 0.2) is 28.7 Å². The SMILES string of the molecule is CCC(c1cccc(Br)c1)C([Si])(Cl)Cl. The number of hydrogen-bond acceptors (Lipinski definition) is 0. The molecule has 0 heterocycles. The van der Waals surface area contributed by atoms with E-state index in [4.69, 9.17) is 23.2 Å². The molecule has 1 rings (SSSR count). The lowest BCUT2D eigenvalue weighted by atomic mass is 9.98. The molecule has 1 aromatic rings. The van der Waals surface area contributed by atoms with Gasteiger partial charge in [0.05, 0.1) is 10.2 Å². The van der Waals surface area contributed by atoms with E-state index in [0.29, 0.717) is 0 Å². The Kier molecular flexibility index (Phi) is 4.50. The third kappa shape index (κ3) is 3.26. The second-order valence-corrected chi connectivity index (χ2v) is 6.86. The smallest absolute Gasteiger partial charge is 0.106 e. The fraction of sp³-hybridized carbons (Fsp3) is 0.400. The first-order valence-electron chi connectivity index (χ1n) is 4.33. The van der Waals surface area contributed by atoms with Crippen molar-refractivity contribution in [3.63, 3.8) is 0 Å². The van der Waals surface area contributed by atoms with Gasteiger partial charge in [-0.2, -0.15) is 0 Å². The molecule has 1 aromatic carbocycles. The lowest BCUT2D eigenvalue weighted by Crippen LogP contribution is -2.23. The van der Waals surface area contributed by atoms with Gasteiger partial charge in [0.15, 0.2) is 0 Å². The zero-order chi connectivity index (χ0) is 10.8. The van der Waals surface area contributed by atoms with Crippen molar-refractivity contribution < 1.29 is 0 Å². The van der Waals surface area contributed by atoms with Crippen molar-refractivity contribution in [3.05, 3.63) is 34.3 Å². The normalized spacial score (nSPS) is 14.1. The van der Waals surface area contributed by atoms with Crippen LogP contribution in [0.5, 0.6) is 0 Å². The summed E-state index contributed by atoms with van der Waals surface area (Å²) < 4.78 is 0.132. The zero-order valence-electron chi connectivity index (χ0n) is 7.73. The van der Waals surface area contributed by atoms with Crippen LogP contribution in [-0.4, -0.2) is 14.2 Å². The summed E-state index contributed by atoms with van der Waals surface area (Å²) in [5.41, 5.74) is 1.13. The number of alkyl halides is 2. The van der Waals surface area contributed by atoms with E-state index in [1.165, 1.54) is 0 Å². The Labute approximate surface area is 107 Å². The lowest BCUT2D eigenvalue weighted by molar-refractivity contribution is 0.678. The van der Waals surface area contributed by atoms with E-state index in [2.05, 4.69) is 33.1 Å². The topological polar surface area (TPSA) is 0 Å². The van der Waals surface area contributed by atoms with Gasteiger partial charge in [0, 0.05) is 10.4 Å². The van der Waals surface area contributed by atoms with Gasteiger partial charge in [-0.15, -0.1) is 23.2 Å². The number of halogens is 3. The molecule has 0 saturated heterocycles. The van der Waals surface area contributed by atoms with Crippen LogP contribution in [0, 0.1) is 0 Å². The second kappa shape index (κ2) is 5.02. The molecule has 3 radical (unpaired) electrons. The van der Waals surface area contributed by atoms with Crippen molar-refractivity contribution in [2.45, 2.75) is 23.2 Å². The maximum atomic E-state index is 6.05. The predicted molar refractivity (Wildman–Crippen MR) is 67.4 cm³/mol. The van der Waals surface area contributed by atoms with Crippen LogP contribution < -0.4 is 0 Å². The molecule has 0 nitrogen and oxygen atoms in total. The molecule has 0 aliphatic heterocycles. The molecule has 0 amide bonds. The first-order chi connectivity index (χ1) is 6.45. The van der Waals surface area contributed by atoms with Gasteiger partial charge < -0.3 is 0 Å². The molecule has 4 heteroatoms. The largest absolute Gasteiger partial charge is 0.106 e. The molecule has 0 aliphatic carbocycles. The summed E-state index contributed by atoms with van der Waals surface area (Å²) in [6, 6.07) is 8.02. The Bertz CT molecular complexity index is 309. The van der Waals surface area contributed by atoms with Gasteiger partial charge in [0.2, 0.25) is 0 Å². The van der Waals surface area contributed by atoms with E-state index in [0.717, 1.165) is 16.5 Å².